The smallest absolute Gasteiger partial charge is 0.307 e. The Kier molecular flexibility index (Phi) is 5.66. The first-order chi connectivity index (χ1) is 19.6. The number of aliphatic carboxylic acids is 1. The van der Waals surface area contributed by atoms with Crippen molar-refractivity contribution in [3.05, 3.63) is 96.5 Å². The Morgan fingerprint density at radius 1 is 0.925 bits per heavy atom. The van der Waals surface area contributed by atoms with Gasteiger partial charge in [0.1, 0.15) is 12.1 Å². The van der Waals surface area contributed by atoms with Crippen molar-refractivity contribution in [1.29, 1.82) is 0 Å². The summed E-state index contributed by atoms with van der Waals surface area (Å²) in [6.07, 6.45) is 11.0. The minimum absolute atomic E-state index is 0.0865. The molecule has 4 heterocycles. The first-order valence-corrected chi connectivity index (χ1v) is 13.0. The van der Waals surface area contributed by atoms with E-state index in [1.54, 1.807) is 24.8 Å². The molecule has 7 rings (SSSR count). The van der Waals surface area contributed by atoms with Gasteiger partial charge in [0.05, 0.1) is 24.1 Å². The molecule has 0 atom stereocenters. The van der Waals surface area contributed by atoms with E-state index in [2.05, 4.69) is 38.1 Å². The maximum Gasteiger partial charge on any atom is 0.307 e. The molecule has 0 aliphatic carbocycles. The second-order valence-corrected chi connectivity index (χ2v) is 9.88. The van der Waals surface area contributed by atoms with Crippen LogP contribution in [0.3, 0.4) is 0 Å². The van der Waals surface area contributed by atoms with Gasteiger partial charge in [-0.1, -0.05) is 18.2 Å². The highest BCUT2D eigenvalue weighted by Gasteiger charge is 2.22. The van der Waals surface area contributed by atoms with Crippen LogP contribution in [-0.4, -0.2) is 42.6 Å². The van der Waals surface area contributed by atoms with E-state index >= 15 is 0 Å². The molecule has 0 fully saturated rings. The number of ether oxygens (including phenoxy) is 1. The molecule has 8 nitrogen and oxygen atoms in total. The van der Waals surface area contributed by atoms with Gasteiger partial charge in [-0.05, 0) is 69.8 Å². The van der Waals surface area contributed by atoms with E-state index in [9.17, 15) is 9.90 Å². The van der Waals surface area contributed by atoms with E-state index < -0.39 is 5.97 Å². The van der Waals surface area contributed by atoms with Gasteiger partial charge >= 0.3 is 5.97 Å². The van der Waals surface area contributed by atoms with Gasteiger partial charge in [0.2, 0.25) is 0 Å². The average molecular weight is 526 g/mol. The van der Waals surface area contributed by atoms with Crippen molar-refractivity contribution in [1.82, 2.24) is 24.9 Å². The summed E-state index contributed by atoms with van der Waals surface area (Å²) in [5.41, 5.74) is 8.09. The number of hydrogen-bond acceptors (Lipinski definition) is 7. The van der Waals surface area contributed by atoms with Crippen LogP contribution in [0.25, 0.3) is 55.3 Å². The van der Waals surface area contributed by atoms with Crippen LogP contribution in [0.2, 0.25) is 0 Å². The van der Waals surface area contributed by atoms with Gasteiger partial charge in [-0.15, -0.1) is 0 Å². The number of hydrogen-bond donors (Lipinski definition) is 1. The summed E-state index contributed by atoms with van der Waals surface area (Å²) in [4.78, 5) is 33.9. The minimum Gasteiger partial charge on any atom is -0.493 e. The highest BCUT2D eigenvalue weighted by molar-refractivity contribution is 6.09. The van der Waals surface area contributed by atoms with Crippen LogP contribution in [-0.2, 0) is 17.6 Å². The zero-order valence-corrected chi connectivity index (χ0v) is 21.6. The lowest BCUT2D eigenvalue weighted by molar-refractivity contribution is -0.136. The Morgan fingerprint density at radius 3 is 2.55 bits per heavy atom. The molecule has 6 aromatic rings. The number of carboxylic acids is 1. The van der Waals surface area contributed by atoms with Gasteiger partial charge in [-0.2, -0.15) is 0 Å². The Hall–Kier alpha value is -5.24. The number of nitrogens with zero attached hydrogens (tertiary/aromatic N) is 5. The van der Waals surface area contributed by atoms with E-state index in [1.807, 2.05) is 37.4 Å². The number of aromatic nitrogens is 5. The molecule has 1 aliphatic rings. The summed E-state index contributed by atoms with van der Waals surface area (Å²) >= 11 is 0. The molecular weight excluding hydrogens is 502 g/mol. The first-order valence-electron chi connectivity index (χ1n) is 13.0. The summed E-state index contributed by atoms with van der Waals surface area (Å²) in [5.74, 6) is 0.499. The summed E-state index contributed by atoms with van der Waals surface area (Å²) in [7, 11) is 0. The molecule has 0 radical (unpaired) electrons. The normalized spacial score (nSPS) is 12.4. The van der Waals surface area contributed by atoms with Gasteiger partial charge in [-0.3, -0.25) is 9.78 Å². The molecule has 1 N–H and O–H groups in total. The van der Waals surface area contributed by atoms with Crippen molar-refractivity contribution < 1.29 is 14.6 Å². The van der Waals surface area contributed by atoms with Gasteiger partial charge < -0.3 is 9.84 Å². The Morgan fingerprint density at radius 2 is 1.75 bits per heavy atom. The van der Waals surface area contributed by atoms with Gasteiger partial charge in [0, 0.05) is 53.9 Å². The molecule has 1 aliphatic heterocycles. The predicted molar refractivity (Wildman–Crippen MR) is 152 cm³/mol. The third-order valence-corrected chi connectivity index (χ3v) is 7.44. The molecule has 0 saturated heterocycles. The van der Waals surface area contributed by atoms with Gasteiger partial charge in [-0.25, -0.2) is 19.9 Å². The van der Waals surface area contributed by atoms with Crippen LogP contribution in [0.15, 0.2) is 79.8 Å². The van der Waals surface area contributed by atoms with E-state index in [1.165, 1.54) is 11.9 Å². The summed E-state index contributed by atoms with van der Waals surface area (Å²) in [6, 6.07) is 14.3. The SMILES string of the molecule is Cc1cc2cc(-c3cnc(-c4cncnc4)nc3)ccc2c(-c2ccc3c4c(ccnc24)CCO3)c1CC(=O)O. The number of rotatable bonds is 5. The molecule has 8 heteroatoms. The van der Waals surface area contributed by atoms with Crippen LogP contribution in [0.1, 0.15) is 16.7 Å². The van der Waals surface area contributed by atoms with E-state index in [0.29, 0.717) is 12.4 Å². The third-order valence-electron chi connectivity index (χ3n) is 7.44. The van der Waals surface area contributed by atoms with Gasteiger partial charge in [0.25, 0.3) is 0 Å². The van der Waals surface area contributed by atoms with Crippen LogP contribution in [0.4, 0.5) is 0 Å². The lowest BCUT2D eigenvalue weighted by atomic mass is 9.86. The van der Waals surface area contributed by atoms with Crippen molar-refractivity contribution in [2.24, 2.45) is 0 Å². The fourth-order valence-corrected chi connectivity index (χ4v) is 5.60. The Balaban J connectivity index is 1.41. The summed E-state index contributed by atoms with van der Waals surface area (Å²) in [6.45, 7) is 2.60. The number of aryl methyl sites for hydroxylation is 1. The van der Waals surface area contributed by atoms with Crippen LogP contribution >= 0.6 is 0 Å². The molecule has 0 amide bonds. The topological polar surface area (TPSA) is 111 Å². The predicted octanol–water partition coefficient (Wildman–Crippen LogP) is 5.84. The maximum absolute atomic E-state index is 12.0. The molecule has 0 unspecified atom stereocenters. The summed E-state index contributed by atoms with van der Waals surface area (Å²) in [5, 5.41) is 12.8. The molecular formula is C32H23N5O3. The summed E-state index contributed by atoms with van der Waals surface area (Å²) < 4.78 is 5.94. The largest absolute Gasteiger partial charge is 0.493 e. The highest BCUT2D eigenvalue weighted by Crippen LogP contribution is 2.43. The highest BCUT2D eigenvalue weighted by atomic mass is 16.5. The average Bonchev–Trinajstić information content (AvgIpc) is 2.98. The van der Waals surface area contributed by atoms with Crippen molar-refractivity contribution in [3.8, 4) is 39.4 Å². The molecule has 3 aromatic carbocycles. The lowest BCUT2D eigenvalue weighted by Crippen LogP contribution is -2.10. The molecule has 0 bridgehead atoms. The quantitative estimate of drug-likeness (QED) is 0.299. The fourth-order valence-electron chi connectivity index (χ4n) is 5.60. The monoisotopic (exact) mass is 525 g/mol. The zero-order chi connectivity index (χ0) is 27.2. The van der Waals surface area contributed by atoms with Crippen LogP contribution in [0, 0.1) is 6.92 Å². The Bertz CT molecular complexity index is 1930. The number of carbonyl (C=O) groups is 1. The molecule has 194 valence electrons. The number of pyridine rings is 1. The Labute approximate surface area is 229 Å². The molecule has 0 saturated carbocycles. The van der Waals surface area contributed by atoms with Crippen LogP contribution < -0.4 is 4.74 Å². The second kappa shape index (κ2) is 9.50. The van der Waals surface area contributed by atoms with Crippen molar-refractivity contribution in [2.45, 2.75) is 19.8 Å². The fraction of sp³-hybridized carbons (Fsp3) is 0.125. The number of carboxylic acid groups (broad SMARTS) is 1. The molecule has 0 spiro atoms. The van der Waals surface area contributed by atoms with Gasteiger partial charge in [0.15, 0.2) is 5.82 Å². The van der Waals surface area contributed by atoms with Crippen molar-refractivity contribution >= 4 is 27.6 Å². The zero-order valence-electron chi connectivity index (χ0n) is 21.6. The molecule has 3 aromatic heterocycles. The van der Waals surface area contributed by atoms with Crippen LogP contribution in [0.5, 0.6) is 5.75 Å². The third kappa shape index (κ3) is 4.01. The number of fused-ring (bicyclic) bond motifs is 1. The number of benzene rings is 3. The lowest BCUT2D eigenvalue weighted by Gasteiger charge is -2.22. The van der Waals surface area contributed by atoms with Crippen molar-refractivity contribution in [2.75, 3.05) is 6.61 Å². The standard InChI is InChI=1S/C32H23N5O3/c1-18-10-21-11-20(22-15-36-32(37-16-22)23-13-33-17-34-14-23)2-3-24(21)30(26(18)12-28(38)39)25-4-5-27-29-19(7-9-40-27)6-8-35-31(25)29/h2-6,8,10-11,13-17H,7,9,12H2,1H3,(H,38,39). The first kappa shape index (κ1) is 23.8. The minimum atomic E-state index is -0.875. The van der Waals surface area contributed by atoms with E-state index in [4.69, 9.17) is 9.72 Å². The maximum atomic E-state index is 12.0. The van der Waals surface area contributed by atoms with E-state index in [-0.39, 0.29) is 6.42 Å². The second-order valence-electron chi connectivity index (χ2n) is 9.88. The van der Waals surface area contributed by atoms with E-state index in [0.717, 1.165) is 72.8 Å². The van der Waals surface area contributed by atoms with Crippen molar-refractivity contribution in [3.63, 3.8) is 0 Å². The molecule has 40 heavy (non-hydrogen) atoms.